The molecule has 2 aromatic heterocycles. The van der Waals surface area contributed by atoms with Gasteiger partial charge in [0.2, 0.25) is 5.91 Å². The molecule has 2 N–H and O–H groups in total. The number of carbonyl (C=O) groups excluding carboxylic acids is 2. The van der Waals surface area contributed by atoms with E-state index < -0.39 is 0 Å². The molecule has 2 heterocycles. The van der Waals surface area contributed by atoms with Gasteiger partial charge in [0.1, 0.15) is 5.75 Å². The molecule has 2 aromatic carbocycles. The fourth-order valence-electron chi connectivity index (χ4n) is 3.21. The molecule has 0 saturated heterocycles. The Balaban J connectivity index is 1.40. The first-order valence-electron chi connectivity index (χ1n) is 11.0. The molecule has 0 bridgehead atoms. The maximum atomic E-state index is 12.6. The molecule has 9 nitrogen and oxygen atoms in total. The number of pyridine rings is 1. The maximum Gasteiger partial charge on any atom is 0.257 e. The molecule has 4 aromatic rings. The molecule has 4 rings (SSSR count). The number of para-hydroxylation sites is 1. The number of nitrogens with one attached hydrogen (secondary N) is 2. The van der Waals surface area contributed by atoms with Crippen LogP contribution in [0, 0.1) is 0 Å². The molecular weight excluding hydrogens is 464 g/mol. The van der Waals surface area contributed by atoms with Crippen LogP contribution in [0.1, 0.15) is 6.92 Å². The highest BCUT2D eigenvalue weighted by atomic mass is 32.2. The van der Waals surface area contributed by atoms with E-state index >= 15 is 0 Å². The van der Waals surface area contributed by atoms with E-state index in [1.54, 1.807) is 36.7 Å². The number of likely N-dealkylation sites (N-methyl/N-ethyl adjacent to an activating group) is 1. The standard InChI is InChI=1S/C25H24N6O3S/c1-2-27-22(32)16-34-21-12-10-19(11-13-21)28-23(33)17-35-25-30-29-24(18-7-6-14-26-15-18)31(25)20-8-4-3-5-9-20/h3-15H,2,16-17H2,1H3,(H,27,32)(H,28,33). The average Bonchev–Trinajstić information content (AvgIpc) is 3.32. The Morgan fingerprint density at radius 3 is 2.49 bits per heavy atom. The molecule has 178 valence electrons. The Kier molecular flexibility index (Phi) is 8.08. The van der Waals surface area contributed by atoms with Crippen molar-refractivity contribution in [2.45, 2.75) is 12.1 Å². The molecule has 0 spiro atoms. The number of hydrogen-bond acceptors (Lipinski definition) is 7. The van der Waals surface area contributed by atoms with E-state index in [1.165, 1.54) is 11.8 Å². The van der Waals surface area contributed by atoms with Crippen LogP contribution in [-0.4, -0.2) is 50.5 Å². The molecule has 10 heteroatoms. The van der Waals surface area contributed by atoms with Gasteiger partial charge in [0.05, 0.1) is 5.75 Å². The van der Waals surface area contributed by atoms with Crippen molar-refractivity contribution in [2.24, 2.45) is 0 Å². The molecule has 35 heavy (non-hydrogen) atoms. The van der Waals surface area contributed by atoms with Crippen LogP contribution in [-0.2, 0) is 9.59 Å². The molecule has 0 aliphatic heterocycles. The SMILES string of the molecule is CCNC(=O)COc1ccc(NC(=O)CSc2nnc(-c3cccnc3)n2-c2ccccc2)cc1. The van der Waals surface area contributed by atoms with Gasteiger partial charge in [-0.25, -0.2) is 0 Å². The number of rotatable bonds is 10. The molecular formula is C25H24N6O3S. The summed E-state index contributed by atoms with van der Waals surface area (Å²) in [5.41, 5.74) is 2.35. The van der Waals surface area contributed by atoms with Crippen molar-refractivity contribution in [3.05, 3.63) is 79.1 Å². The van der Waals surface area contributed by atoms with Gasteiger partial charge >= 0.3 is 0 Å². The number of nitrogens with zero attached hydrogens (tertiary/aromatic N) is 4. The predicted octanol–water partition coefficient (Wildman–Crippen LogP) is 3.58. The summed E-state index contributed by atoms with van der Waals surface area (Å²) in [6.07, 6.45) is 3.43. The van der Waals surface area contributed by atoms with Gasteiger partial charge in [-0.15, -0.1) is 10.2 Å². The van der Waals surface area contributed by atoms with Crippen LogP contribution in [0.2, 0.25) is 0 Å². The number of aromatic nitrogens is 4. The lowest BCUT2D eigenvalue weighted by molar-refractivity contribution is -0.123. The van der Waals surface area contributed by atoms with E-state index in [9.17, 15) is 9.59 Å². The van der Waals surface area contributed by atoms with E-state index in [2.05, 4.69) is 25.8 Å². The highest BCUT2D eigenvalue weighted by molar-refractivity contribution is 7.99. The van der Waals surface area contributed by atoms with Crippen LogP contribution in [0.15, 0.2) is 84.3 Å². The lowest BCUT2D eigenvalue weighted by Gasteiger charge is -2.10. The summed E-state index contributed by atoms with van der Waals surface area (Å²) >= 11 is 1.29. The second-order valence-corrected chi connectivity index (χ2v) is 8.26. The zero-order chi connectivity index (χ0) is 24.5. The summed E-state index contributed by atoms with van der Waals surface area (Å²) in [5, 5.41) is 14.8. The van der Waals surface area contributed by atoms with Crippen LogP contribution in [0.3, 0.4) is 0 Å². The molecule has 0 fully saturated rings. The van der Waals surface area contributed by atoms with Gasteiger partial charge in [0, 0.05) is 35.9 Å². The predicted molar refractivity (Wildman–Crippen MR) is 135 cm³/mol. The van der Waals surface area contributed by atoms with E-state index in [0.717, 1.165) is 11.3 Å². The number of benzene rings is 2. The summed E-state index contributed by atoms with van der Waals surface area (Å²) in [6.45, 7) is 2.34. The minimum Gasteiger partial charge on any atom is -0.484 e. The monoisotopic (exact) mass is 488 g/mol. The van der Waals surface area contributed by atoms with Crippen molar-refractivity contribution in [3.63, 3.8) is 0 Å². The molecule has 0 saturated carbocycles. The topological polar surface area (TPSA) is 111 Å². The zero-order valence-electron chi connectivity index (χ0n) is 19.0. The van der Waals surface area contributed by atoms with Crippen LogP contribution >= 0.6 is 11.8 Å². The van der Waals surface area contributed by atoms with Gasteiger partial charge in [-0.3, -0.25) is 19.1 Å². The van der Waals surface area contributed by atoms with Gasteiger partial charge in [-0.1, -0.05) is 30.0 Å². The Labute approximate surface area is 206 Å². The summed E-state index contributed by atoms with van der Waals surface area (Å²) in [6, 6.07) is 20.4. The molecule has 2 amide bonds. The number of amides is 2. The molecule has 0 unspecified atom stereocenters. The number of hydrogen-bond donors (Lipinski definition) is 2. The minimum atomic E-state index is -0.184. The molecule has 0 aliphatic rings. The molecule has 0 radical (unpaired) electrons. The molecule has 0 atom stereocenters. The summed E-state index contributed by atoms with van der Waals surface area (Å²) in [5.74, 6) is 0.972. The lowest BCUT2D eigenvalue weighted by Crippen LogP contribution is -2.28. The van der Waals surface area contributed by atoms with Crippen LogP contribution in [0.25, 0.3) is 17.1 Å². The quantitative estimate of drug-likeness (QED) is 0.328. The highest BCUT2D eigenvalue weighted by Crippen LogP contribution is 2.27. The van der Waals surface area contributed by atoms with Crippen molar-refractivity contribution in [2.75, 3.05) is 24.2 Å². The third-order valence-corrected chi connectivity index (χ3v) is 5.71. The second-order valence-electron chi connectivity index (χ2n) is 7.32. The van der Waals surface area contributed by atoms with E-state index in [0.29, 0.717) is 29.0 Å². The number of thioether (sulfide) groups is 1. The molecule has 0 aliphatic carbocycles. The summed E-state index contributed by atoms with van der Waals surface area (Å²) in [4.78, 5) is 28.3. The van der Waals surface area contributed by atoms with Gasteiger partial charge in [0.15, 0.2) is 17.6 Å². The summed E-state index contributed by atoms with van der Waals surface area (Å²) < 4.78 is 7.34. The second kappa shape index (κ2) is 11.8. The Bertz CT molecular complexity index is 1260. The minimum absolute atomic E-state index is 0.0562. The van der Waals surface area contributed by atoms with Crippen molar-refractivity contribution >= 4 is 29.3 Å². The third kappa shape index (κ3) is 6.45. The number of ether oxygens (including phenoxy) is 1. The maximum absolute atomic E-state index is 12.6. The average molecular weight is 489 g/mol. The van der Waals surface area contributed by atoms with Gasteiger partial charge in [-0.2, -0.15) is 0 Å². The van der Waals surface area contributed by atoms with Crippen LogP contribution < -0.4 is 15.4 Å². The van der Waals surface area contributed by atoms with Gasteiger partial charge < -0.3 is 15.4 Å². The van der Waals surface area contributed by atoms with Gasteiger partial charge in [-0.05, 0) is 55.5 Å². The Morgan fingerprint density at radius 1 is 0.971 bits per heavy atom. The lowest BCUT2D eigenvalue weighted by atomic mass is 10.2. The normalized spacial score (nSPS) is 10.5. The van der Waals surface area contributed by atoms with Crippen LogP contribution in [0.5, 0.6) is 5.75 Å². The Hall–Kier alpha value is -4.18. The van der Waals surface area contributed by atoms with E-state index in [1.807, 2.05) is 54.0 Å². The van der Waals surface area contributed by atoms with Crippen molar-refractivity contribution < 1.29 is 14.3 Å². The Morgan fingerprint density at radius 2 is 1.77 bits per heavy atom. The van der Waals surface area contributed by atoms with Crippen molar-refractivity contribution in [1.29, 1.82) is 0 Å². The number of carbonyl (C=O) groups is 2. The number of anilines is 1. The third-order valence-electron chi connectivity index (χ3n) is 4.78. The largest absolute Gasteiger partial charge is 0.484 e. The first kappa shape index (κ1) is 24.0. The highest BCUT2D eigenvalue weighted by Gasteiger charge is 2.17. The van der Waals surface area contributed by atoms with Gasteiger partial charge in [0.25, 0.3) is 5.91 Å². The zero-order valence-corrected chi connectivity index (χ0v) is 19.9. The fraction of sp³-hybridized carbons (Fsp3) is 0.160. The first-order chi connectivity index (χ1) is 17.1. The van der Waals surface area contributed by atoms with Crippen molar-refractivity contribution in [3.8, 4) is 22.8 Å². The first-order valence-corrected chi connectivity index (χ1v) is 12.0. The smallest absolute Gasteiger partial charge is 0.257 e. The van der Waals surface area contributed by atoms with Crippen molar-refractivity contribution in [1.82, 2.24) is 25.1 Å². The van der Waals surface area contributed by atoms with E-state index in [4.69, 9.17) is 4.74 Å². The summed E-state index contributed by atoms with van der Waals surface area (Å²) in [7, 11) is 0. The van der Waals surface area contributed by atoms with E-state index in [-0.39, 0.29) is 24.2 Å². The fourth-order valence-corrected chi connectivity index (χ4v) is 3.97. The van der Waals surface area contributed by atoms with Crippen LogP contribution in [0.4, 0.5) is 5.69 Å².